The molecule has 0 unspecified atom stereocenters. The van der Waals surface area contributed by atoms with Crippen LogP contribution in [0.1, 0.15) is 33.6 Å². The van der Waals surface area contributed by atoms with Crippen molar-refractivity contribution in [1.29, 1.82) is 0 Å². The first-order valence-corrected chi connectivity index (χ1v) is 8.74. The van der Waals surface area contributed by atoms with Crippen LogP contribution in [-0.2, 0) is 13.6 Å². The Morgan fingerprint density at radius 3 is 2.45 bits per heavy atom. The monoisotopic (exact) mass is 397 g/mol. The SMILES string of the molecule is CCn1nccc1C(=O)Nc1cccc(NC(=O)c2c([N+](=O)[O-])c(C)nn2C)c1. The van der Waals surface area contributed by atoms with Crippen LogP contribution >= 0.6 is 0 Å². The number of hydrogen-bond acceptors (Lipinski definition) is 6. The van der Waals surface area contributed by atoms with Gasteiger partial charge in [-0.05, 0) is 38.1 Å². The minimum atomic E-state index is -0.674. The van der Waals surface area contributed by atoms with E-state index in [1.165, 1.54) is 24.9 Å². The van der Waals surface area contributed by atoms with E-state index in [4.69, 9.17) is 0 Å². The molecule has 2 aromatic heterocycles. The molecule has 2 N–H and O–H groups in total. The van der Waals surface area contributed by atoms with E-state index in [1.807, 2.05) is 6.92 Å². The molecule has 0 saturated carbocycles. The standard InChI is InChI=1S/C18H19N7O4/c1-4-24-14(8-9-19-24)17(26)20-12-6-5-7-13(10-12)21-18(27)16-15(25(28)29)11(2)22-23(16)3/h5-10H,4H2,1-3H3,(H,20,26)(H,21,27). The van der Waals surface area contributed by atoms with E-state index in [9.17, 15) is 19.7 Å². The van der Waals surface area contributed by atoms with Crippen molar-refractivity contribution in [2.45, 2.75) is 20.4 Å². The Kier molecular flexibility index (Phi) is 5.39. The van der Waals surface area contributed by atoms with E-state index >= 15 is 0 Å². The molecule has 0 saturated heterocycles. The van der Waals surface area contributed by atoms with Gasteiger partial charge in [0.05, 0.1) is 4.92 Å². The van der Waals surface area contributed by atoms with Crippen LogP contribution in [0.4, 0.5) is 17.1 Å². The van der Waals surface area contributed by atoms with Crippen LogP contribution in [0.25, 0.3) is 0 Å². The Labute approximate surface area is 165 Å². The molecular weight excluding hydrogens is 378 g/mol. The van der Waals surface area contributed by atoms with Crippen molar-refractivity contribution >= 4 is 28.9 Å². The van der Waals surface area contributed by atoms with E-state index in [2.05, 4.69) is 20.8 Å². The fourth-order valence-corrected chi connectivity index (χ4v) is 2.96. The minimum Gasteiger partial charge on any atom is -0.321 e. The molecular formula is C18H19N7O4. The molecule has 2 heterocycles. The summed E-state index contributed by atoms with van der Waals surface area (Å²) in [5.74, 6) is -1.02. The maximum absolute atomic E-state index is 12.6. The number of hydrogen-bond donors (Lipinski definition) is 2. The molecule has 3 rings (SSSR count). The number of carbonyl (C=O) groups excluding carboxylic acids is 2. The summed E-state index contributed by atoms with van der Waals surface area (Å²) >= 11 is 0. The molecule has 3 aromatic rings. The highest BCUT2D eigenvalue weighted by molar-refractivity contribution is 6.07. The Balaban J connectivity index is 1.80. The Bertz CT molecular complexity index is 1100. The van der Waals surface area contributed by atoms with E-state index < -0.39 is 10.8 Å². The Morgan fingerprint density at radius 1 is 1.17 bits per heavy atom. The maximum Gasteiger partial charge on any atom is 0.322 e. The topological polar surface area (TPSA) is 137 Å². The molecule has 0 atom stereocenters. The molecule has 0 spiro atoms. The van der Waals surface area contributed by atoms with E-state index in [-0.39, 0.29) is 23.0 Å². The summed E-state index contributed by atoms with van der Waals surface area (Å²) in [5, 5.41) is 24.6. The van der Waals surface area contributed by atoms with Gasteiger partial charge in [0.2, 0.25) is 5.69 Å². The summed E-state index contributed by atoms with van der Waals surface area (Å²) in [7, 11) is 1.46. The lowest BCUT2D eigenvalue weighted by atomic mass is 10.2. The van der Waals surface area contributed by atoms with Crippen LogP contribution in [0.2, 0.25) is 0 Å². The van der Waals surface area contributed by atoms with Crippen molar-refractivity contribution < 1.29 is 14.5 Å². The second-order valence-electron chi connectivity index (χ2n) is 6.18. The first-order valence-electron chi connectivity index (χ1n) is 8.74. The number of aryl methyl sites for hydroxylation is 3. The normalized spacial score (nSPS) is 10.6. The molecule has 0 aliphatic carbocycles. The number of nitro groups is 1. The van der Waals surface area contributed by atoms with Gasteiger partial charge in [-0.25, -0.2) is 0 Å². The van der Waals surface area contributed by atoms with Crippen molar-refractivity contribution in [3.05, 3.63) is 63.7 Å². The first-order chi connectivity index (χ1) is 13.8. The average molecular weight is 397 g/mol. The minimum absolute atomic E-state index is 0.149. The molecule has 1 aromatic carbocycles. The number of benzene rings is 1. The summed E-state index contributed by atoms with van der Waals surface area (Å²) in [6, 6.07) is 8.08. The third-order valence-corrected chi connectivity index (χ3v) is 4.22. The quantitative estimate of drug-likeness (QED) is 0.484. The lowest BCUT2D eigenvalue weighted by Gasteiger charge is -2.09. The highest BCUT2D eigenvalue weighted by Gasteiger charge is 2.29. The lowest BCUT2D eigenvalue weighted by molar-refractivity contribution is -0.385. The highest BCUT2D eigenvalue weighted by atomic mass is 16.6. The van der Waals surface area contributed by atoms with Crippen molar-refractivity contribution in [2.75, 3.05) is 10.6 Å². The zero-order chi connectivity index (χ0) is 21.1. The molecule has 11 nitrogen and oxygen atoms in total. The number of rotatable bonds is 6. The van der Waals surface area contributed by atoms with Crippen LogP contribution in [0.15, 0.2) is 36.5 Å². The molecule has 29 heavy (non-hydrogen) atoms. The number of amides is 2. The van der Waals surface area contributed by atoms with Gasteiger partial charge in [-0.2, -0.15) is 10.2 Å². The summed E-state index contributed by atoms with van der Waals surface area (Å²) in [5.41, 5.74) is 0.868. The molecule has 0 bridgehead atoms. The highest BCUT2D eigenvalue weighted by Crippen LogP contribution is 2.24. The van der Waals surface area contributed by atoms with Gasteiger partial charge in [0.25, 0.3) is 11.8 Å². The van der Waals surface area contributed by atoms with E-state index in [0.29, 0.717) is 23.6 Å². The van der Waals surface area contributed by atoms with Crippen molar-refractivity contribution in [3.8, 4) is 0 Å². The number of nitrogens with zero attached hydrogens (tertiary/aromatic N) is 5. The molecule has 0 fully saturated rings. The van der Waals surface area contributed by atoms with Crippen LogP contribution in [0.3, 0.4) is 0 Å². The molecule has 0 aliphatic rings. The smallest absolute Gasteiger partial charge is 0.321 e. The van der Waals surface area contributed by atoms with Gasteiger partial charge in [-0.1, -0.05) is 6.07 Å². The zero-order valence-electron chi connectivity index (χ0n) is 16.0. The molecule has 11 heteroatoms. The fourth-order valence-electron chi connectivity index (χ4n) is 2.96. The zero-order valence-corrected chi connectivity index (χ0v) is 16.0. The van der Waals surface area contributed by atoms with E-state index in [0.717, 1.165) is 0 Å². The molecule has 0 aliphatic heterocycles. The summed E-state index contributed by atoms with van der Waals surface area (Å²) in [6.45, 7) is 3.89. The number of anilines is 2. The van der Waals surface area contributed by atoms with Crippen LogP contribution in [0.5, 0.6) is 0 Å². The van der Waals surface area contributed by atoms with E-state index in [1.54, 1.807) is 35.0 Å². The van der Waals surface area contributed by atoms with Crippen molar-refractivity contribution in [2.24, 2.45) is 7.05 Å². The molecule has 0 radical (unpaired) electrons. The predicted molar refractivity (Wildman–Crippen MR) is 105 cm³/mol. The maximum atomic E-state index is 12.6. The van der Waals surface area contributed by atoms with Crippen molar-refractivity contribution in [3.63, 3.8) is 0 Å². The fraction of sp³-hybridized carbons (Fsp3) is 0.222. The van der Waals surface area contributed by atoms with Gasteiger partial charge in [-0.3, -0.25) is 29.1 Å². The third kappa shape index (κ3) is 3.98. The summed E-state index contributed by atoms with van der Waals surface area (Å²) < 4.78 is 2.73. The van der Waals surface area contributed by atoms with Gasteiger partial charge >= 0.3 is 5.69 Å². The average Bonchev–Trinajstić information content (AvgIpc) is 3.25. The van der Waals surface area contributed by atoms with Gasteiger partial charge < -0.3 is 10.6 Å². The predicted octanol–water partition coefficient (Wildman–Crippen LogP) is 2.36. The van der Waals surface area contributed by atoms with Crippen LogP contribution < -0.4 is 10.6 Å². The largest absolute Gasteiger partial charge is 0.322 e. The number of carbonyl (C=O) groups is 2. The van der Waals surface area contributed by atoms with Gasteiger partial charge in [0.15, 0.2) is 0 Å². The first kappa shape index (κ1) is 19.7. The van der Waals surface area contributed by atoms with Gasteiger partial charge in [-0.15, -0.1) is 0 Å². The number of aromatic nitrogens is 4. The summed E-state index contributed by atoms with van der Waals surface area (Å²) in [4.78, 5) is 35.7. The number of nitrogens with one attached hydrogen (secondary N) is 2. The van der Waals surface area contributed by atoms with Crippen LogP contribution in [-0.4, -0.2) is 36.3 Å². The lowest BCUT2D eigenvalue weighted by Crippen LogP contribution is -2.19. The van der Waals surface area contributed by atoms with Gasteiger partial charge in [0.1, 0.15) is 11.4 Å². The molecule has 2 amide bonds. The Hall–Kier alpha value is -4.02. The second kappa shape index (κ2) is 7.92. The third-order valence-electron chi connectivity index (χ3n) is 4.22. The van der Waals surface area contributed by atoms with Crippen molar-refractivity contribution in [1.82, 2.24) is 19.6 Å². The summed E-state index contributed by atoms with van der Waals surface area (Å²) in [6.07, 6.45) is 1.54. The van der Waals surface area contributed by atoms with Crippen LogP contribution in [0, 0.1) is 17.0 Å². The Morgan fingerprint density at radius 2 is 1.83 bits per heavy atom. The van der Waals surface area contributed by atoms with Gasteiger partial charge in [0, 0.05) is 31.2 Å². The second-order valence-corrected chi connectivity index (χ2v) is 6.18. The molecule has 150 valence electrons.